The number of H-pyrrole nitrogens is 1. The zero-order valence-corrected chi connectivity index (χ0v) is 19.5. The number of hydrogen-bond acceptors (Lipinski definition) is 6. The number of methoxy groups -OCH3 is 1. The molecule has 3 aromatic rings. The predicted molar refractivity (Wildman–Crippen MR) is 129 cm³/mol. The molecule has 0 spiro atoms. The van der Waals surface area contributed by atoms with Crippen LogP contribution in [0.4, 0.5) is 0 Å². The number of carbonyl (C=O) groups is 1. The number of amides is 1. The Bertz CT molecular complexity index is 1050. The van der Waals surface area contributed by atoms with Gasteiger partial charge >= 0.3 is 4.87 Å². The van der Waals surface area contributed by atoms with Crippen LogP contribution in [0.5, 0.6) is 5.75 Å². The van der Waals surface area contributed by atoms with E-state index in [9.17, 15) is 9.59 Å². The molecule has 32 heavy (non-hydrogen) atoms. The van der Waals surface area contributed by atoms with Gasteiger partial charge in [-0.05, 0) is 36.6 Å². The van der Waals surface area contributed by atoms with Crippen molar-refractivity contribution in [2.75, 3.05) is 47.0 Å². The number of carbonyl (C=O) groups excluding carboxylic acids is 1. The van der Waals surface area contributed by atoms with Gasteiger partial charge in [-0.3, -0.25) is 9.59 Å². The van der Waals surface area contributed by atoms with E-state index in [4.69, 9.17) is 9.47 Å². The van der Waals surface area contributed by atoms with Crippen LogP contribution in [0.15, 0.2) is 47.3 Å². The van der Waals surface area contributed by atoms with Gasteiger partial charge in [0.2, 0.25) is 5.91 Å². The van der Waals surface area contributed by atoms with Crippen molar-refractivity contribution in [2.45, 2.75) is 19.3 Å². The van der Waals surface area contributed by atoms with E-state index < -0.39 is 0 Å². The molecule has 172 valence electrons. The van der Waals surface area contributed by atoms with Crippen LogP contribution in [0.2, 0.25) is 0 Å². The Hall–Kier alpha value is -2.68. The molecule has 0 aliphatic heterocycles. The van der Waals surface area contributed by atoms with Crippen LogP contribution in [-0.4, -0.2) is 62.8 Å². The van der Waals surface area contributed by atoms with Gasteiger partial charge in [-0.2, -0.15) is 0 Å². The summed E-state index contributed by atoms with van der Waals surface area (Å²) < 4.78 is 11.9. The lowest BCUT2D eigenvalue weighted by atomic mass is 10.1. The number of benzene rings is 2. The molecule has 0 fully saturated rings. The normalized spacial score (nSPS) is 11.1. The van der Waals surface area contributed by atoms with Gasteiger partial charge < -0.3 is 24.7 Å². The number of hydrogen-bond donors (Lipinski definition) is 2. The molecule has 0 radical (unpaired) electrons. The summed E-state index contributed by atoms with van der Waals surface area (Å²) >= 11 is 1.21. The van der Waals surface area contributed by atoms with E-state index in [1.165, 1.54) is 16.9 Å². The number of likely N-dealkylation sites (N-methyl/N-ethyl adjacent to an activating group) is 1. The van der Waals surface area contributed by atoms with Crippen LogP contribution < -0.4 is 14.9 Å². The Morgan fingerprint density at radius 3 is 2.69 bits per heavy atom. The Balaban J connectivity index is 1.30. The molecule has 1 heterocycles. The third kappa shape index (κ3) is 6.91. The van der Waals surface area contributed by atoms with Gasteiger partial charge in [0.05, 0.1) is 31.4 Å². The number of rotatable bonds is 13. The van der Waals surface area contributed by atoms with Crippen molar-refractivity contribution >= 4 is 27.5 Å². The van der Waals surface area contributed by atoms with E-state index >= 15 is 0 Å². The molecule has 2 aromatic carbocycles. The summed E-state index contributed by atoms with van der Waals surface area (Å²) in [4.78, 5) is 28.5. The lowest BCUT2D eigenvalue weighted by molar-refractivity contribution is -0.130. The zero-order valence-electron chi connectivity index (χ0n) is 18.7. The molecule has 3 rings (SSSR count). The lowest BCUT2D eigenvalue weighted by Crippen LogP contribution is -2.34. The van der Waals surface area contributed by atoms with Gasteiger partial charge in [0, 0.05) is 20.1 Å². The highest BCUT2D eigenvalue weighted by molar-refractivity contribution is 7.16. The van der Waals surface area contributed by atoms with Crippen LogP contribution >= 0.6 is 11.3 Å². The molecular formula is C24H31N3O4S. The average molecular weight is 458 g/mol. The second-order valence-electron chi connectivity index (χ2n) is 7.56. The van der Waals surface area contributed by atoms with Crippen LogP contribution in [0.1, 0.15) is 17.5 Å². The molecule has 0 saturated heterocycles. The van der Waals surface area contributed by atoms with Crippen molar-refractivity contribution in [3.63, 3.8) is 0 Å². The van der Waals surface area contributed by atoms with Gasteiger partial charge in [0.25, 0.3) is 0 Å². The molecular weight excluding hydrogens is 426 g/mol. The van der Waals surface area contributed by atoms with E-state index in [2.05, 4.69) is 22.4 Å². The number of nitrogens with zero attached hydrogens (tertiary/aromatic N) is 1. The number of ether oxygens (including phenoxy) is 2. The third-order valence-electron chi connectivity index (χ3n) is 5.30. The van der Waals surface area contributed by atoms with Gasteiger partial charge in [-0.1, -0.05) is 47.7 Å². The highest BCUT2D eigenvalue weighted by Crippen LogP contribution is 2.28. The number of aromatic amines is 1. The van der Waals surface area contributed by atoms with Crippen molar-refractivity contribution in [3.8, 4) is 5.75 Å². The van der Waals surface area contributed by atoms with E-state index in [1.807, 2.05) is 37.4 Å². The maximum atomic E-state index is 12.2. The molecule has 1 amide bonds. The highest BCUT2D eigenvalue weighted by atomic mass is 32.1. The van der Waals surface area contributed by atoms with Gasteiger partial charge in [0.15, 0.2) is 0 Å². The van der Waals surface area contributed by atoms with E-state index in [-0.39, 0.29) is 10.8 Å². The molecule has 1 aromatic heterocycles. The first kappa shape index (κ1) is 24.0. The van der Waals surface area contributed by atoms with Gasteiger partial charge in [-0.15, -0.1) is 0 Å². The number of aromatic nitrogens is 1. The van der Waals surface area contributed by atoms with Crippen LogP contribution in [0, 0.1) is 0 Å². The number of fused-ring (bicyclic) bond motifs is 1. The first-order valence-electron chi connectivity index (χ1n) is 10.8. The average Bonchev–Trinajstić information content (AvgIpc) is 3.20. The van der Waals surface area contributed by atoms with Crippen LogP contribution in [-0.2, 0) is 22.4 Å². The van der Waals surface area contributed by atoms with Crippen molar-refractivity contribution in [3.05, 3.63) is 63.3 Å². The van der Waals surface area contributed by atoms with Crippen LogP contribution in [0.3, 0.4) is 0 Å². The maximum absolute atomic E-state index is 12.2. The Morgan fingerprint density at radius 1 is 1.09 bits per heavy atom. The zero-order chi connectivity index (χ0) is 22.8. The number of thiazole rings is 1. The fourth-order valence-corrected chi connectivity index (χ4v) is 4.33. The standard InChI is InChI=1S/C24H31N3O4S/c1-27(21(28)12-17-31-16-11-18-6-4-3-5-7-18)15-14-25-13-10-19-8-9-20(30-2)22-23(19)32-24(29)26-22/h3-9,25H,10-17H2,1-2H3,(H,26,29). The summed E-state index contributed by atoms with van der Waals surface area (Å²) in [5, 5.41) is 3.37. The number of nitrogens with one attached hydrogen (secondary N) is 2. The third-order valence-corrected chi connectivity index (χ3v) is 6.26. The summed E-state index contributed by atoms with van der Waals surface area (Å²) in [5.41, 5.74) is 3.10. The molecule has 2 N–H and O–H groups in total. The minimum Gasteiger partial charge on any atom is -0.495 e. The summed E-state index contributed by atoms with van der Waals surface area (Å²) in [6, 6.07) is 14.1. The summed E-state index contributed by atoms with van der Waals surface area (Å²) in [6.07, 6.45) is 2.04. The molecule has 0 unspecified atom stereocenters. The fourth-order valence-electron chi connectivity index (χ4n) is 3.44. The lowest BCUT2D eigenvalue weighted by Gasteiger charge is -2.17. The minimum absolute atomic E-state index is 0.0807. The van der Waals surface area contributed by atoms with Crippen molar-refractivity contribution in [1.29, 1.82) is 0 Å². The van der Waals surface area contributed by atoms with Crippen LogP contribution in [0.25, 0.3) is 10.2 Å². The molecule has 7 nitrogen and oxygen atoms in total. The molecule has 0 bridgehead atoms. The summed E-state index contributed by atoms with van der Waals surface area (Å²) in [5.74, 6) is 0.764. The van der Waals surface area contributed by atoms with Crippen molar-refractivity contribution < 1.29 is 14.3 Å². The smallest absolute Gasteiger partial charge is 0.305 e. The first-order valence-corrected chi connectivity index (χ1v) is 11.6. The van der Waals surface area contributed by atoms with Crippen molar-refractivity contribution in [2.24, 2.45) is 0 Å². The second-order valence-corrected chi connectivity index (χ2v) is 8.54. The van der Waals surface area contributed by atoms with Gasteiger partial charge in [-0.25, -0.2) is 0 Å². The first-order chi connectivity index (χ1) is 15.6. The molecule has 0 atom stereocenters. The minimum atomic E-state index is -0.0807. The van der Waals surface area contributed by atoms with E-state index in [1.54, 1.807) is 12.0 Å². The van der Waals surface area contributed by atoms with Gasteiger partial charge in [0.1, 0.15) is 11.3 Å². The highest BCUT2D eigenvalue weighted by Gasteiger charge is 2.11. The fraction of sp³-hybridized carbons (Fsp3) is 0.417. The molecule has 8 heteroatoms. The van der Waals surface area contributed by atoms with E-state index in [0.29, 0.717) is 38.5 Å². The Kier molecular flexibility index (Phi) is 9.27. The molecule has 0 aliphatic rings. The van der Waals surface area contributed by atoms with Crippen molar-refractivity contribution in [1.82, 2.24) is 15.2 Å². The van der Waals surface area contributed by atoms with E-state index in [0.717, 1.165) is 35.2 Å². The Labute approximate surface area is 192 Å². The SMILES string of the molecule is COc1ccc(CCNCCN(C)C(=O)CCOCCc2ccccc2)c2sc(=O)[nH]c12. The predicted octanol–water partition coefficient (Wildman–Crippen LogP) is 2.84. The second kappa shape index (κ2) is 12.4. The topological polar surface area (TPSA) is 83.7 Å². The monoisotopic (exact) mass is 457 g/mol. The molecule has 0 saturated carbocycles. The quantitative estimate of drug-likeness (QED) is 0.386. The Morgan fingerprint density at radius 2 is 1.91 bits per heavy atom. The summed E-state index contributed by atoms with van der Waals surface area (Å²) in [6.45, 7) is 3.17. The maximum Gasteiger partial charge on any atom is 0.305 e. The summed E-state index contributed by atoms with van der Waals surface area (Å²) in [7, 11) is 3.42. The molecule has 0 aliphatic carbocycles. The largest absolute Gasteiger partial charge is 0.495 e.